The molecule has 0 heterocycles. The summed E-state index contributed by atoms with van der Waals surface area (Å²) in [4.78, 5) is 38.8. The lowest BCUT2D eigenvalue weighted by molar-refractivity contribution is -0.144. The van der Waals surface area contributed by atoms with Gasteiger partial charge in [-0.05, 0) is 67.9 Å². The van der Waals surface area contributed by atoms with E-state index >= 15 is 0 Å². The maximum absolute atomic E-state index is 13.3. The lowest BCUT2D eigenvalue weighted by Gasteiger charge is -2.35. The normalized spacial score (nSPS) is 17.0. The second-order valence-electron chi connectivity index (χ2n) is 13.1. The number of ether oxygens (including phenoxy) is 1. The number of hydrogen-bond donors (Lipinski definition) is 1. The van der Waals surface area contributed by atoms with Gasteiger partial charge in [0.1, 0.15) is 5.76 Å². The molecule has 1 N–H and O–H groups in total. The molecule has 3 rings (SSSR count). The average Bonchev–Trinajstić information content (AvgIpc) is 2.96. The number of aliphatic hydroxyl groups is 1. The van der Waals surface area contributed by atoms with E-state index in [4.69, 9.17) is 4.74 Å². The minimum absolute atomic E-state index is 0.0321. The number of ketones is 2. The molecule has 0 unspecified atom stereocenters. The molecule has 2 aliphatic carbocycles. The third kappa shape index (κ3) is 9.15. The minimum atomic E-state index is -0.683. The number of Topliss-reactive ketones (excluding diaryl/α,β-unsaturated/α-hetero) is 2. The van der Waals surface area contributed by atoms with Crippen LogP contribution in [0.3, 0.4) is 0 Å². The Kier molecular flexibility index (Phi) is 13.5. The number of carbonyl (C=O) groups is 3. The highest BCUT2D eigenvalue weighted by Gasteiger charge is 2.40. The van der Waals surface area contributed by atoms with E-state index in [1.54, 1.807) is 13.0 Å². The summed E-state index contributed by atoms with van der Waals surface area (Å²) in [6.45, 7) is 8.25. The number of benzene rings is 1. The summed E-state index contributed by atoms with van der Waals surface area (Å²) in [6, 6.07) is 3.76. The van der Waals surface area contributed by atoms with Crippen LogP contribution in [0.15, 0.2) is 29.9 Å². The minimum Gasteiger partial charge on any atom is -0.507 e. The first kappa shape index (κ1) is 33.8. The van der Waals surface area contributed by atoms with Crippen LogP contribution in [-0.4, -0.2) is 29.2 Å². The van der Waals surface area contributed by atoms with Gasteiger partial charge in [0.15, 0.2) is 0 Å². The van der Waals surface area contributed by atoms with Crippen molar-refractivity contribution in [3.05, 3.63) is 52.1 Å². The Balaban J connectivity index is 1.36. The number of unbranched alkanes of at least 4 members (excludes halogenated alkanes) is 11. The smallest absolute Gasteiger partial charge is 0.305 e. The number of carbonyl (C=O) groups excluding carboxylic acids is 3. The molecule has 0 radical (unpaired) electrons. The molecule has 5 heteroatoms. The maximum Gasteiger partial charge on any atom is 0.305 e. The number of esters is 1. The van der Waals surface area contributed by atoms with Gasteiger partial charge in [-0.25, -0.2) is 0 Å². The summed E-state index contributed by atoms with van der Waals surface area (Å²) >= 11 is 0. The highest BCUT2D eigenvalue weighted by molar-refractivity contribution is 6.52. The van der Waals surface area contributed by atoms with E-state index in [1.165, 1.54) is 57.8 Å². The zero-order chi connectivity index (χ0) is 30.5. The zero-order valence-corrected chi connectivity index (χ0v) is 26.7. The van der Waals surface area contributed by atoms with Crippen molar-refractivity contribution in [3.63, 3.8) is 0 Å². The Morgan fingerprint density at radius 1 is 0.929 bits per heavy atom. The van der Waals surface area contributed by atoms with Gasteiger partial charge in [0.05, 0.1) is 12.2 Å². The van der Waals surface area contributed by atoms with Crippen LogP contribution in [0.1, 0.15) is 157 Å². The lowest BCUT2D eigenvalue weighted by Crippen LogP contribution is -2.33. The van der Waals surface area contributed by atoms with Crippen LogP contribution in [0.2, 0.25) is 0 Å². The molecule has 232 valence electrons. The number of rotatable bonds is 18. The topological polar surface area (TPSA) is 80.7 Å². The van der Waals surface area contributed by atoms with Crippen LogP contribution >= 0.6 is 0 Å². The van der Waals surface area contributed by atoms with Crippen molar-refractivity contribution in [1.82, 2.24) is 0 Å². The maximum atomic E-state index is 13.3. The predicted octanol–water partition coefficient (Wildman–Crippen LogP) is 9.55. The van der Waals surface area contributed by atoms with Crippen molar-refractivity contribution in [2.45, 2.75) is 142 Å². The standard InChI is InChI=1S/C37H54O5/c1-5-6-7-8-9-10-11-12-13-14-15-16-17-18-19-22-31(38)42-26-27(2)32-34(39)29-23-24-30-28(21-20-25-37(30,3)4)33(29)36(41)35(32)40/h12-13,23-24,27,39H,5-11,14-22,25-26H2,1-4H3/t27-/m0/s1. The summed E-state index contributed by atoms with van der Waals surface area (Å²) < 4.78 is 5.46. The van der Waals surface area contributed by atoms with Gasteiger partial charge in [-0.15, -0.1) is 0 Å². The van der Waals surface area contributed by atoms with Gasteiger partial charge in [0.2, 0.25) is 11.6 Å². The van der Waals surface area contributed by atoms with E-state index in [0.29, 0.717) is 17.5 Å². The van der Waals surface area contributed by atoms with Gasteiger partial charge < -0.3 is 9.84 Å². The van der Waals surface area contributed by atoms with E-state index in [2.05, 4.69) is 32.9 Å². The quantitative estimate of drug-likeness (QED) is 0.0812. The molecule has 1 aromatic rings. The monoisotopic (exact) mass is 578 g/mol. The van der Waals surface area contributed by atoms with Crippen LogP contribution in [0.25, 0.3) is 5.76 Å². The molecule has 42 heavy (non-hydrogen) atoms. The first-order valence-electron chi connectivity index (χ1n) is 16.7. The summed E-state index contributed by atoms with van der Waals surface area (Å²) in [6.07, 6.45) is 23.3. The Labute approximate surface area is 254 Å². The molecule has 0 saturated heterocycles. The molecule has 0 amide bonds. The van der Waals surface area contributed by atoms with Crippen LogP contribution in [-0.2, 0) is 26.2 Å². The molecular weight excluding hydrogens is 524 g/mol. The second kappa shape index (κ2) is 16.8. The van der Waals surface area contributed by atoms with E-state index < -0.39 is 17.5 Å². The average molecular weight is 579 g/mol. The van der Waals surface area contributed by atoms with Gasteiger partial charge >= 0.3 is 5.97 Å². The number of aliphatic hydroxyl groups excluding tert-OH is 1. The van der Waals surface area contributed by atoms with Gasteiger partial charge in [-0.3, -0.25) is 14.4 Å². The van der Waals surface area contributed by atoms with Crippen LogP contribution in [0, 0.1) is 5.92 Å². The van der Waals surface area contributed by atoms with Crippen molar-refractivity contribution in [1.29, 1.82) is 0 Å². The van der Waals surface area contributed by atoms with Crippen molar-refractivity contribution in [2.75, 3.05) is 6.61 Å². The lowest BCUT2D eigenvalue weighted by atomic mass is 9.69. The Bertz CT molecular complexity index is 1140. The fourth-order valence-corrected chi connectivity index (χ4v) is 6.50. The zero-order valence-electron chi connectivity index (χ0n) is 26.7. The van der Waals surface area contributed by atoms with Gasteiger partial charge in [0, 0.05) is 23.5 Å². The Morgan fingerprint density at radius 2 is 1.55 bits per heavy atom. The van der Waals surface area contributed by atoms with E-state index in [-0.39, 0.29) is 29.3 Å². The molecule has 0 spiro atoms. The van der Waals surface area contributed by atoms with Crippen LogP contribution in [0.5, 0.6) is 0 Å². The van der Waals surface area contributed by atoms with E-state index in [0.717, 1.165) is 56.1 Å². The second-order valence-corrected chi connectivity index (χ2v) is 13.1. The first-order chi connectivity index (χ1) is 20.2. The largest absolute Gasteiger partial charge is 0.507 e. The number of fused-ring (bicyclic) bond motifs is 3. The number of allylic oxidation sites excluding steroid dienone is 2. The van der Waals surface area contributed by atoms with Crippen molar-refractivity contribution >= 4 is 23.3 Å². The molecule has 1 atom stereocenters. The Morgan fingerprint density at radius 3 is 2.21 bits per heavy atom. The molecule has 2 aliphatic rings. The van der Waals surface area contributed by atoms with E-state index in [1.807, 2.05) is 6.07 Å². The molecule has 1 aromatic carbocycles. The van der Waals surface area contributed by atoms with Gasteiger partial charge in [0.25, 0.3) is 0 Å². The molecule has 0 saturated carbocycles. The molecule has 0 aromatic heterocycles. The third-order valence-electron chi connectivity index (χ3n) is 9.09. The van der Waals surface area contributed by atoms with Crippen LogP contribution < -0.4 is 0 Å². The molecule has 5 nitrogen and oxygen atoms in total. The SMILES string of the molecule is CCCCCCCCC=CCCCCCCCC(=O)OC[C@H](C)C1=C(O)c2ccc3c(c2C(=O)C1=O)CCCC3(C)C. The van der Waals surface area contributed by atoms with Gasteiger partial charge in [-0.2, -0.15) is 0 Å². The summed E-state index contributed by atoms with van der Waals surface area (Å²) in [5, 5.41) is 11.1. The summed E-state index contributed by atoms with van der Waals surface area (Å²) in [5.74, 6) is -2.26. The molecule has 0 aliphatic heterocycles. The Hall–Kier alpha value is -2.69. The van der Waals surface area contributed by atoms with Crippen LogP contribution in [0.4, 0.5) is 0 Å². The first-order valence-corrected chi connectivity index (χ1v) is 16.7. The van der Waals surface area contributed by atoms with Crippen molar-refractivity contribution in [3.8, 4) is 0 Å². The van der Waals surface area contributed by atoms with Gasteiger partial charge in [-0.1, -0.05) is 103 Å². The molecule has 0 bridgehead atoms. The van der Waals surface area contributed by atoms with Crippen molar-refractivity contribution < 1.29 is 24.2 Å². The molecular formula is C37H54O5. The summed E-state index contributed by atoms with van der Waals surface area (Å²) in [7, 11) is 0. The molecule has 0 fully saturated rings. The fourth-order valence-electron chi connectivity index (χ4n) is 6.50. The summed E-state index contributed by atoms with van der Waals surface area (Å²) in [5.41, 5.74) is 2.75. The number of hydrogen-bond acceptors (Lipinski definition) is 5. The van der Waals surface area contributed by atoms with Crippen molar-refractivity contribution in [2.24, 2.45) is 5.92 Å². The van der Waals surface area contributed by atoms with E-state index in [9.17, 15) is 19.5 Å². The fraction of sp³-hybridized carbons (Fsp3) is 0.649. The third-order valence-corrected chi connectivity index (χ3v) is 9.09. The highest BCUT2D eigenvalue weighted by Crippen LogP contribution is 2.42. The highest BCUT2D eigenvalue weighted by atomic mass is 16.5. The predicted molar refractivity (Wildman–Crippen MR) is 171 cm³/mol.